The highest BCUT2D eigenvalue weighted by molar-refractivity contribution is 5.92. The second-order valence-corrected chi connectivity index (χ2v) is 5.20. The molecule has 1 aromatic rings. The lowest BCUT2D eigenvalue weighted by Crippen LogP contribution is -2.32. The fourth-order valence-corrected chi connectivity index (χ4v) is 2.42. The fourth-order valence-electron chi connectivity index (χ4n) is 2.42. The number of para-hydroxylation sites is 1. The number of rotatable bonds is 5. The SMILES string of the molecule is COc1cccc(C(=O)O)c1OCC1CCN(C)CC1. The predicted octanol–water partition coefficient (Wildman–Crippen LogP) is 2.11. The minimum atomic E-state index is -0.998. The van der Waals surface area contributed by atoms with Gasteiger partial charge in [0.2, 0.25) is 0 Å². The molecule has 0 amide bonds. The number of likely N-dealkylation sites (tertiary alicyclic amines) is 1. The van der Waals surface area contributed by atoms with Crippen molar-refractivity contribution in [1.29, 1.82) is 0 Å². The third-order valence-electron chi connectivity index (χ3n) is 3.73. The molecule has 2 rings (SSSR count). The van der Waals surface area contributed by atoms with Crippen molar-refractivity contribution in [3.63, 3.8) is 0 Å². The van der Waals surface area contributed by atoms with E-state index in [1.54, 1.807) is 12.1 Å². The summed E-state index contributed by atoms with van der Waals surface area (Å²) in [5.74, 6) is 0.277. The molecule has 0 radical (unpaired) electrons. The number of carboxylic acids is 1. The summed E-state index contributed by atoms with van der Waals surface area (Å²) in [5, 5.41) is 9.22. The Balaban J connectivity index is 2.06. The highest BCUT2D eigenvalue weighted by atomic mass is 16.5. The summed E-state index contributed by atoms with van der Waals surface area (Å²) in [5.41, 5.74) is 0.150. The first-order chi connectivity index (χ1) is 9.61. The van der Waals surface area contributed by atoms with Crippen LogP contribution in [0.2, 0.25) is 0 Å². The average molecular weight is 279 g/mol. The largest absolute Gasteiger partial charge is 0.493 e. The molecule has 110 valence electrons. The van der Waals surface area contributed by atoms with E-state index in [0.29, 0.717) is 24.0 Å². The molecule has 0 aromatic heterocycles. The maximum atomic E-state index is 11.2. The third-order valence-corrected chi connectivity index (χ3v) is 3.73. The van der Waals surface area contributed by atoms with E-state index in [4.69, 9.17) is 9.47 Å². The number of nitrogens with zero attached hydrogens (tertiary/aromatic N) is 1. The highest BCUT2D eigenvalue weighted by Gasteiger charge is 2.20. The molecule has 1 saturated heterocycles. The summed E-state index contributed by atoms with van der Waals surface area (Å²) in [4.78, 5) is 13.5. The van der Waals surface area contributed by atoms with Crippen LogP contribution in [0.4, 0.5) is 0 Å². The van der Waals surface area contributed by atoms with Gasteiger partial charge in [0.1, 0.15) is 5.56 Å². The fraction of sp³-hybridized carbons (Fsp3) is 0.533. The van der Waals surface area contributed by atoms with Gasteiger partial charge in [0, 0.05) is 0 Å². The van der Waals surface area contributed by atoms with Crippen LogP contribution in [-0.2, 0) is 0 Å². The maximum absolute atomic E-state index is 11.2. The van der Waals surface area contributed by atoms with E-state index in [0.717, 1.165) is 25.9 Å². The third kappa shape index (κ3) is 3.42. The Morgan fingerprint density at radius 2 is 2.10 bits per heavy atom. The van der Waals surface area contributed by atoms with Crippen molar-refractivity contribution in [2.75, 3.05) is 33.9 Å². The minimum Gasteiger partial charge on any atom is -0.493 e. The normalized spacial score (nSPS) is 16.9. The van der Waals surface area contributed by atoms with E-state index >= 15 is 0 Å². The first-order valence-electron chi connectivity index (χ1n) is 6.83. The summed E-state index contributed by atoms with van der Waals surface area (Å²) >= 11 is 0. The van der Waals surface area contributed by atoms with Crippen LogP contribution in [0.15, 0.2) is 18.2 Å². The van der Waals surface area contributed by atoms with Crippen LogP contribution in [0.25, 0.3) is 0 Å². The van der Waals surface area contributed by atoms with Crippen molar-refractivity contribution in [1.82, 2.24) is 4.90 Å². The van der Waals surface area contributed by atoms with E-state index in [1.165, 1.54) is 13.2 Å². The molecule has 1 N–H and O–H groups in total. The van der Waals surface area contributed by atoms with E-state index in [1.807, 2.05) is 0 Å². The summed E-state index contributed by atoms with van der Waals surface area (Å²) in [6, 6.07) is 4.91. The monoisotopic (exact) mass is 279 g/mol. The predicted molar refractivity (Wildman–Crippen MR) is 75.7 cm³/mol. The molecule has 0 unspecified atom stereocenters. The summed E-state index contributed by atoms with van der Waals surface area (Å²) < 4.78 is 11.0. The minimum absolute atomic E-state index is 0.150. The molecule has 0 bridgehead atoms. The molecule has 1 aliphatic heterocycles. The van der Waals surface area contributed by atoms with Gasteiger partial charge in [-0.05, 0) is 51.0 Å². The number of hydrogen-bond acceptors (Lipinski definition) is 4. The van der Waals surface area contributed by atoms with E-state index in [9.17, 15) is 9.90 Å². The Labute approximate surface area is 119 Å². The molecule has 1 aromatic carbocycles. The molecule has 20 heavy (non-hydrogen) atoms. The van der Waals surface area contributed by atoms with Crippen LogP contribution < -0.4 is 9.47 Å². The van der Waals surface area contributed by atoms with Crippen LogP contribution in [0.5, 0.6) is 11.5 Å². The van der Waals surface area contributed by atoms with Crippen LogP contribution in [0, 0.1) is 5.92 Å². The first-order valence-corrected chi connectivity index (χ1v) is 6.83. The second kappa shape index (κ2) is 6.61. The highest BCUT2D eigenvalue weighted by Crippen LogP contribution is 2.32. The zero-order valence-electron chi connectivity index (χ0n) is 12.0. The Morgan fingerprint density at radius 1 is 1.40 bits per heavy atom. The number of methoxy groups -OCH3 is 1. The Hall–Kier alpha value is -1.75. The smallest absolute Gasteiger partial charge is 0.339 e. The lowest BCUT2D eigenvalue weighted by molar-refractivity contribution is 0.0689. The molecule has 0 saturated carbocycles. The van der Waals surface area contributed by atoms with Gasteiger partial charge in [-0.1, -0.05) is 6.07 Å². The van der Waals surface area contributed by atoms with E-state index in [2.05, 4.69) is 11.9 Å². The van der Waals surface area contributed by atoms with Gasteiger partial charge >= 0.3 is 5.97 Å². The van der Waals surface area contributed by atoms with Gasteiger partial charge < -0.3 is 19.5 Å². The molecular formula is C15H21NO4. The Morgan fingerprint density at radius 3 is 2.70 bits per heavy atom. The Kier molecular flexibility index (Phi) is 4.84. The molecule has 1 aliphatic rings. The van der Waals surface area contributed by atoms with Crippen LogP contribution in [0.3, 0.4) is 0 Å². The van der Waals surface area contributed by atoms with Gasteiger partial charge in [0.25, 0.3) is 0 Å². The zero-order chi connectivity index (χ0) is 14.5. The van der Waals surface area contributed by atoms with Crippen LogP contribution >= 0.6 is 0 Å². The molecule has 0 atom stereocenters. The average Bonchev–Trinajstić information content (AvgIpc) is 2.46. The number of ether oxygens (including phenoxy) is 2. The topological polar surface area (TPSA) is 59.0 Å². The lowest BCUT2D eigenvalue weighted by Gasteiger charge is -2.29. The van der Waals surface area contributed by atoms with Crippen LogP contribution in [-0.4, -0.2) is 49.8 Å². The lowest BCUT2D eigenvalue weighted by atomic mass is 9.98. The van der Waals surface area contributed by atoms with Gasteiger partial charge in [0.05, 0.1) is 13.7 Å². The quantitative estimate of drug-likeness (QED) is 0.894. The molecule has 0 spiro atoms. The van der Waals surface area contributed by atoms with Crippen LogP contribution in [0.1, 0.15) is 23.2 Å². The van der Waals surface area contributed by atoms with Crippen molar-refractivity contribution in [2.45, 2.75) is 12.8 Å². The second-order valence-electron chi connectivity index (χ2n) is 5.20. The number of aromatic carboxylic acids is 1. The molecule has 5 nitrogen and oxygen atoms in total. The number of benzene rings is 1. The first kappa shape index (κ1) is 14.7. The maximum Gasteiger partial charge on any atom is 0.339 e. The number of carboxylic acid groups (broad SMARTS) is 1. The van der Waals surface area contributed by atoms with Gasteiger partial charge in [-0.3, -0.25) is 0 Å². The van der Waals surface area contributed by atoms with Gasteiger partial charge in [-0.2, -0.15) is 0 Å². The van der Waals surface area contributed by atoms with Gasteiger partial charge in [-0.25, -0.2) is 4.79 Å². The van der Waals surface area contributed by atoms with Gasteiger partial charge in [-0.15, -0.1) is 0 Å². The van der Waals surface area contributed by atoms with Crippen molar-refractivity contribution in [3.8, 4) is 11.5 Å². The molecule has 1 heterocycles. The van der Waals surface area contributed by atoms with Crippen molar-refractivity contribution in [3.05, 3.63) is 23.8 Å². The molecular weight excluding hydrogens is 258 g/mol. The Bertz CT molecular complexity index is 467. The standard InChI is InChI=1S/C15H21NO4/c1-16-8-6-11(7-9-16)10-20-14-12(15(17)18)4-3-5-13(14)19-2/h3-5,11H,6-10H2,1-2H3,(H,17,18). The molecule has 0 aliphatic carbocycles. The van der Waals surface area contributed by atoms with Crippen molar-refractivity contribution in [2.24, 2.45) is 5.92 Å². The number of carbonyl (C=O) groups is 1. The summed E-state index contributed by atoms with van der Waals surface area (Å²) in [7, 11) is 3.63. The van der Waals surface area contributed by atoms with E-state index < -0.39 is 5.97 Å². The van der Waals surface area contributed by atoms with Crippen molar-refractivity contribution < 1.29 is 19.4 Å². The number of hydrogen-bond donors (Lipinski definition) is 1. The van der Waals surface area contributed by atoms with Crippen molar-refractivity contribution >= 4 is 5.97 Å². The zero-order valence-corrected chi connectivity index (χ0v) is 12.0. The summed E-state index contributed by atoms with van der Waals surface area (Å²) in [6.07, 6.45) is 2.15. The number of piperidine rings is 1. The van der Waals surface area contributed by atoms with E-state index in [-0.39, 0.29) is 5.56 Å². The molecule has 5 heteroatoms. The molecule has 1 fully saturated rings. The summed E-state index contributed by atoms with van der Waals surface area (Å²) in [6.45, 7) is 2.66. The van der Waals surface area contributed by atoms with Gasteiger partial charge in [0.15, 0.2) is 11.5 Å².